The molecule has 0 aliphatic heterocycles. The topological polar surface area (TPSA) is 78.2 Å². The predicted octanol–water partition coefficient (Wildman–Crippen LogP) is 1.29. The average molecular weight is 246 g/mol. The third-order valence-electron chi connectivity index (χ3n) is 1.99. The zero-order valence-corrected chi connectivity index (χ0v) is 9.43. The van der Waals surface area contributed by atoms with Crippen LogP contribution in [0.2, 0.25) is 0 Å². The van der Waals surface area contributed by atoms with Crippen molar-refractivity contribution in [1.82, 2.24) is 0 Å². The molecule has 1 rings (SSSR count). The van der Waals surface area contributed by atoms with Gasteiger partial charge in [-0.05, 0) is 30.2 Å². The fourth-order valence-electron chi connectivity index (χ4n) is 1.19. The van der Waals surface area contributed by atoms with Gasteiger partial charge in [-0.3, -0.25) is 0 Å². The Morgan fingerprint density at radius 1 is 1.53 bits per heavy atom. The van der Waals surface area contributed by atoms with Crippen LogP contribution in [0.3, 0.4) is 0 Å². The van der Waals surface area contributed by atoms with Crippen LogP contribution in [-0.4, -0.2) is 13.5 Å². The van der Waals surface area contributed by atoms with E-state index in [0.717, 1.165) is 0 Å². The molecule has 4 nitrogen and oxygen atoms in total. The number of hydrogen-bond acceptors (Lipinski definition) is 4. The number of rotatable bonds is 2. The second-order valence-corrected chi connectivity index (χ2v) is 5.52. The Hall–Kier alpha value is -1.09. The zero-order valence-electron chi connectivity index (χ0n) is 7.86. The minimum Gasteiger partial charge on any atom is -0.392 e. The standard InChI is InChI=1S/C9H8ClNO3S/c1-6-2-7(4-11)9(15(10,13)14)3-8(6)5-12/h2-3,12H,5H2,1H3. The van der Waals surface area contributed by atoms with E-state index in [1.165, 1.54) is 12.1 Å². The number of aliphatic hydroxyl groups is 1. The first-order valence-corrected chi connectivity index (χ1v) is 6.30. The molecular weight excluding hydrogens is 238 g/mol. The van der Waals surface area contributed by atoms with Gasteiger partial charge >= 0.3 is 0 Å². The second kappa shape index (κ2) is 4.19. The summed E-state index contributed by atoms with van der Waals surface area (Å²) in [5.41, 5.74) is 1.08. The van der Waals surface area contributed by atoms with E-state index >= 15 is 0 Å². The van der Waals surface area contributed by atoms with Crippen molar-refractivity contribution in [1.29, 1.82) is 5.26 Å². The molecule has 6 heteroatoms. The largest absolute Gasteiger partial charge is 0.392 e. The maximum atomic E-state index is 11.1. The van der Waals surface area contributed by atoms with Crippen molar-refractivity contribution in [2.45, 2.75) is 18.4 Å². The summed E-state index contributed by atoms with van der Waals surface area (Å²) in [7, 11) is 1.21. The molecule has 0 bridgehead atoms. The molecule has 80 valence electrons. The van der Waals surface area contributed by atoms with Crippen molar-refractivity contribution in [3.05, 3.63) is 28.8 Å². The van der Waals surface area contributed by atoms with E-state index < -0.39 is 9.05 Å². The van der Waals surface area contributed by atoms with Crippen molar-refractivity contribution in [3.8, 4) is 6.07 Å². The monoisotopic (exact) mass is 245 g/mol. The molecule has 0 aliphatic carbocycles. The third-order valence-corrected chi connectivity index (χ3v) is 3.35. The predicted molar refractivity (Wildman–Crippen MR) is 54.9 cm³/mol. The molecule has 0 atom stereocenters. The van der Waals surface area contributed by atoms with Gasteiger partial charge in [-0.2, -0.15) is 5.26 Å². The molecule has 0 fully saturated rings. The zero-order chi connectivity index (χ0) is 11.6. The first kappa shape index (κ1) is 12.0. The number of nitriles is 1. The Kier molecular flexibility index (Phi) is 3.35. The van der Waals surface area contributed by atoms with Crippen LogP contribution in [0.4, 0.5) is 0 Å². The van der Waals surface area contributed by atoms with Gasteiger partial charge in [-0.15, -0.1) is 0 Å². The maximum absolute atomic E-state index is 11.1. The highest BCUT2D eigenvalue weighted by atomic mass is 35.7. The molecule has 0 amide bonds. The lowest BCUT2D eigenvalue weighted by Gasteiger charge is -2.06. The van der Waals surface area contributed by atoms with Crippen LogP contribution in [0.5, 0.6) is 0 Å². The van der Waals surface area contributed by atoms with Gasteiger partial charge in [0.2, 0.25) is 0 Å². The molecule has 0 heterocycles. The summed E-state index contributed by atoms with van der Waals surface area (Å²) >= 11 is 0. The summed E-state index contributed by atoms with van der Waals surface area (Å²) < 4.78 is 22.2. The number of hydrogen-bond donors (Lipinski definition) is 1. The minimum absolute atomic E-state index is 0.0142. The van der Waals surface area contributed by atoms with E-state index in [4.69, 9.17) is 21.1 Å². The van der Waals surface area contributed by atoms with E-state index in [1.807, 2.05) is 0 Å². The van der Waals surface area contributed by atoms with E-state index in [-0.39, 0.29) is 17.1 Å². The average Bonchev–Trinajstić information content (AvgIpc) is 2.15. The van der Waals surface area contributed by atoms with Crippen molar-refractivity contribution in [2.75, 3.05) is 0 Å². The van der Waals surface area contributed by atoms with Crippen LogP contribution in [0.25, 0.3) is 0 Å². The van der Waals surface area contributed by atoms with E-state index in [2.05, 4.69) is 0 Å². The van der Waals surface area contributed by atoms with Gasteiger partial charge in [0, 0.05) is 10.7 Å². The smallest absolute Gasteiger partial charge is 0.262 e. The lowest BCUT2D eigenvalue weighted by molar-refractivity contribution is 0.280. The summed E-state index contributed by atoms with van der Waals surface area (Å²) in [5.74, 6) is 0. The third kappa shape index (κ3) is 2.48. The molecule has 15 heavy (non-hydrogen) atoms. The quantitative estimate of drug-likeness (QED) is 0.797. The van der Waals surface area contributed by atoms with Gasteiger partial charge in [0.1, 0.15) is 11.0 Å². The SMILES string of the molecule is Cc1cc(C#N)c(S(=O)(=O)Cl)cc1CO. The molecule has 0 spiro atoms. The van der Waals surface area contributed by atoms with Crippen LogP contribution in [0.1, 0.15) is 16.7 Å². The summed E-state index contributed by atoms with van der Waals surface area (Å²) in [4.78, 5) is -0.263. The number of benzene rings is 1. The van der Waals surface area contributed by atoms with Gasteiger partial charge in [-0.1, -0.05) is 0 Å². The fourth-order valence-corrected chi connectivity index (χ4v) is 2.22. The fraction of sp³-hybridized carbons (Fsp3) is 0.222. The van der Waals surface area contributed by atoms with Crippen LogP contribution >= 0.6 is 10.7 Å². The Morgan fingerprint density at radius 3 is 2.53 bits per heavy atom. The summed E-state index contributed by atoms with van der Waals surface area (Å²) in [6.45, 7) is 1.38. The van der Waals surface area contributed by atoms with Crippen LogP contribution < -0.4 is 0 Å². The number of nitrogens with zero attached hydrogens (tertiary/aromatic N) is 1. The lowest BCUT2D eigenvalue weighted by atomic mass is 10.1. The highest BCUT2D eigenvalue weighted by Gasteiger charge is 2.17. The normalized spacial score (nSPS) is 11.1. The van der Waals surface area contributed by atoms with Crippen molar-refractivity contribution >= 4 is 19.7 Å². The first-order chi connectivity index (χ1) is 6.90. The van der Waals surface area contributed by atoms with E-state index in [9.17, 15) is 8.42 Å². The van der Waals surface area contributed by atoms with Crippen LogP contribution in [-0.2, 0) is 15.7 Å². The molecule has 0 unspecified atom stereocenters. The molecule has 1 aromatic rings. The van der Waals surface area contributed by atoms with Crippen molar-refractivity contribution in [2.24, 2.45) is 0 Å². The summed E-state index contributed by atoms with van der Waals surface area (Å²) in [5, 5.41) is 17.7. The Morgan fingerprint density at radius 2 is 2.13 bits per heavy atom. The van der Waals surface area contributed by atoms with E-state index in [0.29, 0.717) is 11.1 Å². The Labute approximate surface area is 92.1 Å². The molecule has 0 saturated heterocycles. The van der Waals surface area contributed by atoms with Crippen molar-refractivity contribution in [3.63, 3.8) is 0 Å². The number of aliphatic hydroxyl groups excluding tert-OH is 1. The molecule has 1 aromatic carbocycles. The Balaban J connectivity index is 3.59. The maximum Gasteiger partial charge on any atom is 0.262 e. The van der Waals surface area contributed by atoms with Gasteiger partial charge < -0.3 is 5.11 Å². The number of aryl methyl sites for hydroxylation is 1. The molecule has 1 N–H and O–H groups in total. The second-order valence-electron chi connectivity index (χ2n) is 2.98. The van der Waals surface area contributed by atoms with Gasteiger partial charge in [0.25, 0.3) is 9.05 Å². The van der Waals surface area contributed by atoms with E-state index in [1.54, 1.807) is 13.0 Å². The molecule has 0 saturated carbocycles. The van der Waals surface area contributed by atoms with Crippen LogP contribution in [0.15, 0.2) is 17.0 Å². The summed E-state index contributed by atoms with van der Waals surface area (Å²) in [6, 6.07) is 4.36. The van der Waals surface area contributed by atoms with Crippen LogP contribution in [0, 0.1) is 18.3 Å². The highest BCUT2D eigenvalue weighted by Crippen LogP contribution is 2.23. The first-order valence-electron chi connectivity index (χ1n) is 3.99. The molecule has 0 radical (unpaired) electrons. The van der Waals surface area contributed by atoms with Gasteiger partial charge in [-0.25, -0.2) is 8.42 Å². The van der Waals surface area contributed by atoms with Crippen molar-refractivity contribution < 1.29 is 13.5 Å². The lowest BCUT2D eigenvalue weighted by Crippen LogP contribution is -1.99. The van der Waals surface area contributed by atoms with Gasteiger partial charge in [0.15, 0.2) is 0 Å². The highest BCUT2D eigenvalue weighted by molar-refractivity contribution is 8.13. The molecule has 0 aliphatic rings. The van der Waals surface area contributed by atoms with Gasteiger partial charge in [0.05, 0.1) is 12.2 Å². The summed E-state index contributed by atoms with van der Waals surface area (Å²) in [6.07, 6.45) is 0. The Bertz CT molecular complexity index is 531. The number of halogens is 1. The molecular formula is C9H8ClNO3S. The molecule has 0 aromatic heterocycles. The minimum atomic E-state index is -3.96.